The normalized spacial score (nSPS) is 16.6. The molecule has 4 nitrogen and oxygen atoms in total. The molecular formula is C9H13F2NO3. The maximum atomic E-state index is 13.2. The van der Waals surface area contributed by atoms with Crippen molar-refractivity contribution < 1.29 is 23.1 Å². The first-order chi connectivity index (χ1) is 7.00. The first kappa shape index (κ1) is 11.9. The predicted molar refractivity (Wildman–Crippen MR) is 47.4 cm³/mol. The quantitative estimate of drug-likeness (QED) is 0.523. The zero-order chi connectivity index (χ0) is 11.5. The maximum Gasteiger partial charge on any atom is 0.419 e. The lowest BCUT2D eigenvalue weighted by molar-refractivity contribution is -0.182. The smallest absolute Gasteiger partial charge is 0.419 e. The summed E-state index contributed by atoms with van der Waals surface area (Å²) >= 11 is 0. The van der Waals surface area contributed by atoms with Gasteiger partial charge in [0.1, 0.15) is 0 Å². The third-order valence-corrected chi connectivity index (χ3v) is 2.19. The Morgan fingerprint density at radius 1 is 1.33 bits per heavy atom. The van der Waals surface area contributed by atoms with Crippen molar-refractivity contribution in [2.24, 2.45) is 0 Å². The van der Waals surface area contributed by atoms with Crippen molar-refractivity contribution in [1.29, 1.82) is 0 Å². The predicted octanol–water partition coefficient (Wildman–Crippen LogP) is 0.807. The Labute approximate surface area is 86.2 Å². The summed E-state index contributed by atoms with van der Waals surface area (Å²) in [6.07, 6.45) is 1.40. The number of likely N-dealkylation sites (tertiary alicyclic amines) is 1. The van der Waals surface area contributed by atoms with E-state index in [1.165, 1.54) is 6.92 Å². The number of hydrogen-bond acceptors (Lipinski definition) is 3. The molecule has 1 saturated heterocycles. The first-order valence-corrected chi connectivity index (χ1v) is 4.84. The number of halogens is 2. The lowest BCUT2D eigenvalue weighted by atomic mass is 10.3. The number of carbonyl (C=O) groups excluding carboxylic acids is 2. The highest BCUT2D eigenvalue weighted by molar-refractivity contribution is 6.04. The fourth-order valence-corrected chi connectivity index (χ4v) is 1.43. The zero-order valence-corrected chi connectivity index (χ0v) is 8.46. The van der Waals surface area contributed by atoms with Crippen LogP contribution < -0.4 is 0 Å². The van der Waals surface area contributed by atoms with Crippen LogP contribution in [0.15, 0.2) is 0 Å². The van der Waals surface area contributed by atoms with Crippen molar-refractivity contribution >= 4 is 11.9 Å². The standard InChI is InChI=1S/C9H13F2NO3/c1-2-15-8(14)9(10,11)7(13)12-5-3-4-6-12/h2-6H2,1H3. The van der Waals surface area contributed by atoms with E-state index in [4.69, 9.17) is 0 Å². The van der Waals surface area contributed by atoms with Crippen LogP contribution in [-0.2, 0) is 14.3 Å². The number of hydrogen-bond donors (Lipinski definition) is 0. The second-order valence-electron chi connectivity index (χ2n) is 3.29. The first-order valence-electron chi connectivity index (χ1n) is 4.84. The fraction of sp³-hybridized carbons (Fsp3) is 0.778. The minimum Gasteiger partial charge on any atom is -0.461 e. The molecule has 0 saturated carbocycles. The van der Waals surface area contributed by atoms with E-state index >= 15 is 0 Å². The number of carbonyl (C=O) groups is 2. The van der Waals surface area contributed by atoms with Crippen LogP contribution in [0, 0.1) is 0 Å². The number of rotatable bonds is 3. The van der Waals surface area contributed by atoms with Gasteiger partial charge in [-0.15, -0.1) is 0 Å². The van der Waals surface area contributed by atoms with Gasteiger partial charge in [-0.25, -0.2) is 4.79 Å². The molecule has 0 radical (unpaired) electrons. The summed E-state index contributed by atoms with van der Waals surface area (Å²) in [6, 6.07) is 0. The summed E-state index contributed by atoms with van der Waals surface area (Å²) in [6.45, 7) is 1.82. The van der Waals surface area contributed by atoms with Crippen molar-refractivity contribution in [2.75, 3.05) is 19.7 Å². The van der Waals surface area contributed by atoms with Gasteiger partial charge < -0.3 is 9.64 Å². The monoisotopic (exact) mass is 221 g/mol. The van der Waals surface area contributed by atoms with E-state index in [0.29, 0.717) is 12.8 Å². The largest absolute Gasteiger partial charge is 0.461 e. The highest BCUT2D eigenvalue weighted by Gasteiger charge is 2.51. The minimum absolute atomic E-state index is 0.165. The Kier molecular flexibility index (Phi) is 3.60. The summed E-state index contributed by atoms with van der Waals surface area (Å²) < 4.78 is 30.5. The van der Waals surface area contributed by atoms with E-state index < -0.39 is 17.8 Å². The molecule has 0 atom stereocenters. The molecule has 0 aliphatic carbocycles. The van der Waals surface area contributed by atoms with Gasteiger partial charge in [0, 0.05) is 13.1 Å². The minimum atomic E-state index is -4.04. The van der Waals surface area contributed by atoms with Crippen molar-refractivity contribution in [2.45, 2.75) is 25.7 Å². The Hall–Kier alpha value is -1.20. The molecule has 0 aromatic heterocycles. The lowest BCUT2D eigenvalue weighted by Gasteiger charge is -2.20. The van der Waals surface area contributed by atoms with Gasteiger partial charge in [-0.2, -0.15) is 8.78 Å². The van der Waals surface area contributed by atoms with Gasteiger partial charge in [-0.05, 0) is 19.8 Å². The molecule has 0 N–H and O–H groups in total. The van der Waals surface area contributed by atoms with Crippen LogP contribution in [0.4, 0.5) is 8.78 Å². The van der Waals surface area contributed by atoms with Crippen molar-refractivity contribution in [3.8, 4) is 0 Å². The van der Waals surface area contributed by atoms with Crippen LogP contribution in [0.25, 0.3) is 0 Å². The molecule has 0 bridgehead atoms. The van der Waals surface area contributed by atoms with Crippen LogP contribution in [0.5, 0.6) is 0 Å². The lowest BCUT2D eigenvalue weighted by Crippen LogP contribution is -2.48. The molecule has 6 heteroatoms. The maximum absolute atomic E-state index is 13.2. The second kappa shape index (κ2) is 4.55. The second-order valence-corrected chi connectivity index (χ2v) is 3.29. The molecule has 1 rings (SSSR count). The van der Waals surface area contributed by atoms with E-state index in [2.05, 4.69) is 4.74 Å². The molecule has 1 amide bonds. The van der Waals surface area contributed by atoms with Gasteiger partial charge in [-0.3, -0.25) is 4.79 Å². The summed E-state index contributed by atoms with van der Waals surface area (Å²) in [5.41, 5.74) is 0. The Morgan fingerprint density at radius 3 is 2.33 bits per heavy atom. The average molecular weight is 221 g/mol. The van der Waals surface area contributed by atoms with Gasteiger partial charge >= 0.3 is 17.8 Å². The fourth-order valence-electron chi connectivity index (χ4n) is 1.43. The number of amides is 1. The third kappa shape index (κ3) is 2.43. The molecule has 0 aromatic carbocycles. The molecule has 1 heterocycles. The molecule has 0 spiro atoms. The van der Waals surface area contributed by atoms with Gasteiger partial charge in [-0.1, -0.05) is 0 Å². The van der Waals surface area contributed by atoms with E-state index in [9.17, 15) is 18.4 Å². The van der Waals surface area contributed by atoms with E-state index in [0.717, 1.165) is 4.90 Å². The highest BCUT2D eigenvalue weighted by atomic mass is 19.3. The zero-order valence-electron chi connectivity index (χ0n) is 8.46. The molecule has 0 unspecified atom stereocenters. The van der Waals surface area contributed by atoms with Crippen LogP contribution in [0.2, 0.25) is 0 Å². The van der Waals surface area contributed by atoms with E-state index in [-0.39, 0.29) is 19.7 Å². The Balaban J connectivity index is 2.66. The Morgan fingerprint density at radius 2 is 1.87 bits per heavy atom. The van der Waals surface area contributed by atoms with Gasteiger partial charge in [0.25, 0.3) is 0 Å². The molecule has 0 aromatic rings. The average Bonchev–Trinajstić information content (AvgIpc) is 2.69. The topological polar surface area (TPSA) is 46.6 Å². The number of nitrogens with zero attached hydrogens (tertiary/aromatic N) is 1. The summed E-state index contributed by atoms with van der Waals surface area (Å²) in [4.78, 5) is 23.1. The van der Waals surface area contributed by atoms with Crippen molar-refractivity contribution in [3.05, 3.63) is 0 Å². The molecular weight excluding hydrogens is 208 g/mol. The van der Waals surface area contributed by atoms with Crippen molar-refractivity contribution in [1.82, 2.24) is 4.90 Å². The Bertz CT molecular complexity index is 262. The highest BCUT2D eigenvalue weighted by Crippen LogP contribution is 2.22. The molecule has 1 aliphatic rings. The van der Waals surface area contributed by atoms with Gasteiger partial charge in [0.2, 0.25) is 0 Å². The van der Waals surface area contributed by atoms with Crippen LogP contribution in [0.3, 0.4) is 0 Å². The number of esters is 1. The summed E-state index contributed by atoms with van der Waals surface area (Å²) in [7, 11) is 0. The van der Waals surface area contributed by atoms with Crippen LogP contribution >= 0.6 is 0 Å². The molecule has 86 valence electrons. The van der Waals surface area contributed by atoms with E-state index in [1.807, 2.05) is 0 Å². The third-order valence-electron chi connectivity index (χ3n) is 2.19. The van der Waals surface area contributed by atoms with Crippen molar-refractivity contribution in [3.63, 3.8) is 0 Å². The van der Waals surface area contributed by atoms with E-state index in [1.54, 1.807) is 0 Å². The van der Waals surface area contributed by atoms with Gasteiger partial charge in [0.05, 0.1) is 6.61 Å². The number of ether oxygens (including phenoxy) is 1. The molecule has 1 aliphatic heterocycles. The van der Waals surface area contributed by atoms with Crippen LogP contribution in [-0.4, -0.2) is 42.4 Å². The summed E-state index contributed by atoms with van der Waals surface area (Å²) in [5, 5.41) is 0. The summed E-state index contributed by atoms with van der Waals surface area (Å²) in [5.74, 6) is -7.25. The SMILES string of the molecule is CCOC(=O)C(F)(F)C(=O)N1CCCC1. The molecule has 1 fully saturated rings. The molecule has 15 heavy (non-hydrogen) atoms. The van der Waals surface area contributed by atoms with Crippen LogP contribution in [0.1, 0.15) is 19.8 Å². The number of alkyl halides is 2. The van der Waals surface area contributed by atoms with Gasteiger partial charge in [0.15, 0.2) is 0 Å².